The van der Waals surface area contributed by atoms with E-state index >= 15 is 0 Å². The van der Waals surface area contributed by atoms with Crippen LogP contribution in [0.3, 0.4) is 0 Å². The second kappa shape index (κ2) is 15.9. The van der Waals surface area contributed by atoms with E-state index in [0.29, 0.717) is 19.4 Å². The van der Waals surface area contributed by atoms with Crippen molar-refractivity contribution in [1.29, 1.82) is 0 Å². The molecule has 1 amide bonds. The first-order valence-corrected chi connectivity index (χ1v) is 15.2. The Morgan fingerprint density at radius 1 is 0.947 bits per heavy atom. The molecule has 0 aliphatic rings. The highest BCUT2D eigenvalue weighted by Gasteiger charge is 2.27. The van der Waals surface area contributed by atoms with E-state index in [2.05, 4.69) is 23.6 Å². The Bertz CT molecular complexity index is 1100. The van der Waals surface area contributed by atoms with Crippen molar-refractivity contribution in [1.82, 2.24) is 10.6 Å². The summed E-state index contributed by atoms with van der Waals surface area (Å²) in [6.07, 6.45) is 2.15. The van der Waals surface area contributed by atoms with Crippen molar-refractivity contribution in [2.75, 3.05) is 12.3 Å². The lowest BCUT2D eigenvalue weighted by Gasteiger charge is -2.25. The summed E-state index contributed by atoms with van der Waals surface area (Å²) in [5.41, 5.74) is 2.52. The molecule has 2 aromatic rings. The van der Waals surface area contributed by atoms with E-state index in [0.717, 1.165) is 43.0 Å². The minimum atomic E-state index is -3.45. The fraction of sp³-hybridized carbons (Fsp3) is 0.552. The Morgan fingerprint density at radius 2 is 1.58 bits per heavy atom. The lowest BCUT2D eigenvalue weighted by molar-refractivity contribution is -0.122. The standard InChI is InChI=1S/C29H42F2N2O4S/c1-4-8-26(9-5-2)38(36,37)13-12-29(35)33-27(17-23-15-24(30)18-25(31)16-23)28(34)20-32-19-22-11-7-10-21(6-3)14-22/h7,10-11,14-16,18,26-28,32,34H,4-6,8-9,12-13,17,19-20H2,1-3H3,(H,33,35)/t27-,28-/m0/s1. The molecule has 0 fully saturated rings. The molecule has 3 N–H and O–H groups in total. The summed E-state index contributed by atoms with van der Waals surface area (Å²) in [7, 11) is -3.45. The van der Waals surface area contributed by atoms with E-state index in [4.69, 9.17) is 0 Å². The molecule has 0 aliphatic carbocycles. The first-order valence-electron chi connectivity index (χ1n) is 13.5. The average molecular weight is 553 g/mol. The van der Waals surface area contributed by atoms with E-state index in [1.807, 2.05) is 32.0 Å². The van der Waals surface area contributed by atoms with E-state index in [-0.39, 0.29) is 30.7 Å². The normalized spacial score (nSPS) is 13.4. The Balaban J connectivity index is 2.07. The highest BCUT2D eigenvalue weighted by molar-refractivity contribution is 7.92. The SMILES string of the molecule is CCCC(CCC)S(=O)(=O)CCC(=O)N[C@@H](Cc1cc(F)cc(F)c1)[C@@H](O)CNCc1cccc(CC)c1. The molecular formula is C29H42F2N2O4S. The smallest absolute Gasteiger partial charge is 0.221 e. The molecule has 0 aliphatic heterocycles. The summed E-state index contributed by atoms with van der Waals surface area (Å²) in [5, 5.41) is 16.3. The summed E-state index contributed by atoms with van der Waals surface area (Å²) in [6.45, 7) is 6.54. The van der Waals surface area contributed by atoms with Crippen LogP contribution in [0.5, 0.6) is 0 Å². The Labute approximate surface area is 226 Å². The lowest BCUT2D eigenvalue weighted by atomic mass is 10.00. The van der Waals surface area contributed by atoms with Crippen LogP contribution in [-0.2, 0) is 34.0 Å². The zero-order chi connectivity index (χ0) is 28.1. The number of aryl methyl sites for hydroxylation is 1. The number of carbonyl (C=O) groups excluding carboxylic acids is 1. The second-order valence-corrected chi connectivity index (χ2v) is 12.2. The Kier molecular flexibility index (Phi) is 13.3. The summed E-state index contributed by atoms with van der Waals surface area (Å²) in [5.74, 6) is -2.32. The van der Waals surface area contributed by atoms with Gasteiger partial charge in [-0.25, -0.2) is 17.2 Å². The molecule has 2 aromatic carbocycles. The minimum absolute atomic E-state index is 0.0182. The van der Waals surface area contributed by atoms with Crippen molar-refractivity contribution < 1.29 is 27.1 Å². The third-order valence-corrected chi connectivity index (χ3v) is 8.87. The fourth-order valence-corrected chi connectivity index (χ4v) is 6.55. The maximum absolute atomic E-state index is 13.8. The van der Waals surface area contributed by atoms with Crippen LogP contribution in [0.1, 0.15) is 69.6 Å². The molecule has 6 nitrogen and oxygen atoms in total. The number of aliphatic hydroxyl groups excluding tert-OH is 1. The summed E-state index contributed by atoms with van der Waals surface area (Å²) in [6, 6.07) is 10.2. The number of benzene rings is 2. The van der Waals surface area contributed by atoms with Crippen molar-refractivity contribution in [3.05, 3.63) is 70.8 Å². The van der Waals surface area contributed by atoms with Gasteiger partial charge in [-0.2, -0.15) is 0 Å². The van der Waals surface area contributed by atoms with Gasteiger partial charge in [0.1, 0.15) is 11.6 Å². The number of halogens is 2. The van der Waals surface area contributed by atoms with Gasteiger partial charge in [0, 0.05) is 25.6 Å². The number of rotatable bonds is 17. The van der Waals surface area contributed by atoms with Gasteiger partial charge in [-0.05, 0) is 54.5 Å². The van der Waals surface area contributed by atoms with E-state index in [9.17, 15) is 27.1 Å². The summed E-state index contributed by atoms with van der Waals surface area (Å²) in [4.78, 5) is 12.8. The van der Waals surface area contributed by atoms with Crippen LogP contribution in [0, 0.1) is 11.6 Å². The molecule has 0 saturated heterocycles. The molecule has 0 heterocycles. The van der Waals surface area contributed by atoms with Gasteiger partial charge in [-0.15, -0.1) is 0 Å². The first kappa shape index (κ1) is 31.9. The quantitative estimate of drug-likeness (QED) is 0.269. The molecule has 0 radical (unpaired) electrons. The van der Waals surface area contributed by atoms with E-state index in [1.54, 1.807) is 0 Å². The molecule has 2 atom stereocenters. The van der Waals surface area contributed by atoms with Gasteiger partial charge in [0.15, 0.2) is 9.84 Å². The largest absolute Gasteiger partial charge is 0.390 e. The van der Waals surface area contributed by atoms with Gasteiger partial charge in [-0.3, -0.25) is 4.79 Å². The number of amides is 1. The highest BCUT2D eigenvalue weighted by Crippen LogP contribution is 2.17. The van der Waals surface area contributed by atoms with Gasteiger partial charge < -0.3 is 15.7 Å². The number of hydrogen-bond acceptors (Lipinski definition) is 5. The molecule has 38 heavy (non-hydrogen) atoms. The molecule has 0 spiro atoms. The molecule has 0 bridgehead atoms. The predicted molar refractivity (Wildman–Crippen MR) is 148 cm³/mol. The van der Waals surface area contributed by atoms with Crippen molar-refractivity contribution in [2.45, 2.75) is 89.7 Å². The first-order chi connectivity index (χ1) is 18.1. The zero-order valence-electron chi connectivity index (χ0n) is 22.7. The van der Waals surface area contributed by atoms with Crippen LogP contribution >= 0.6 is 0 Å². The Morgan fingerprint density at radius 3 is 2.18 bits per heavy atom. The topological polar surface area (TPSA) is 95.5 Å². The van der Waals surface area contributed by atoms with Gasteiger partial charge in [0.2, 0.25) is 5.91 Å². The molecule has 9 heteroatoms. The van der Waals surface area contributed by atoms with Crippen LogP contribution in [-0.4, -0.2) is 49.1 Å². The van der Waals surface area contributed by atoms with Gasteiger partial charge in [0.25, 0.3) is 0 Å². The molecule has 2 rings (SSSR count). The molecule has 0 aromatic heterocycles. The number of nitrogens with one attached hydrogen (secondary N) is 2. The summed E-state index contributed by atoms with van der Waals surface area (Å²) < 4.78 is 53.2. The van der Waals surface area contributed by atoms with Crippen LogP contribution < -0.4 is 10.6 Å². The second-order valence-electron chi connectivity index (χ2n) is 9.84. The average Bonchev–Trinajstić information content (AvgIpc) is 2.86. The number of aliphatic hydroxyl groups is 1. The van der Waals surface area contributed by atoms with Crippen LogP contribution in [0.15, 0.2) is 42.5 Å². The highest BCUT2D eigenvalue weighted by atomic mass is 32.2. The van der Waals surface area contributed by atoms with Gasteiger partial charge >= 0.3 is 0 Å². The Hall–Kier alpha value is -2.36. The third-order valence-electron chi connectivity index (χ3n) is 6.61. The summed E-state index contributed by atoms with van der Waals surface area (Å²) >= 11 is 0. The van der Waals surface area contributed by atoms with Crippen molar-refractivity contribution in [3.8, 4) is 0 Å². The third kappa shape index (κ3) is 10.8. The van der Waals surface area contributed by atoms with Crippen LogP contribution in [0.25, 0.3) is 0 Å². The fourth-order valence-electron chi connectivity index (χ4n) is 4.56. The lowest BCUT2D eigenvalue weighted by Crippen LogP contribution is -2.49. The van der Waals surface area contributed by atoms with Crippen LogP contribution in [0.4, 0.5) is 8.78 Å². The van der Waals surface area contributed by atoms with Crippen molar-refractivity contribution in [3.63, 3.8) is 0 Å². The molecular weight excluding hydrogens is 510 g/mol. The molecule has 0 saturated carbocycles. The number of carbonyl (C=O) groups is 1. The van der Waals surface area contributed by atoms with Crippen molar-refractivity contribution in [2.24, 2.45) is 0 Å². The molecule has 212 valence electrons. The van der Waals surface area contributed by atoms with Crippen LogP contribution in [0.2, 0.25) is 0 Å². The van der Waals surface area contributed by atoms with Gasteiger partial charge in [-0.1, -0.05) is 57.9 Å². The molecule has 0 unspecified atom stereocenters. The maximum atomic E-state index is 13.8. The van der Waals surface area contributed by atoms with Gasteiger partial charge in [0.05, 0.1) is 23.1 Å². The van der Waals surface area contributed by atoms with Crippen molar-refractivity contribution >= 4 is 15.7 Å². The minimum Gasteiger partial charge on any atom is -0.390 e. The zero-order valence-corrected chi connectivity index (χ0v) is 23.5. The predicted octanol–water partition coefficient (Wildman–Crippen LogP) is 4.48. The monoisotopic (exact) mass is 552 g/mol. The van der Waals surface area contributed by atoms with E-state index < -0.39 is 44.8 Å². The van der Waals surface area contributed by atoms with E-state index in [1.165, 1.54) is 5.56 Å². The maximum Gasteiger partial charge on any atom is 0.221 e. The number of sulfone groups is 1. The number of hydrogen-bond donors (Lipinski definition) is 3.